The fourth-order valence-corrected chi connectivity index (χ4v) is 2.57. The van der Waals surface area contributed by atoms with Gasteiger partial charge in [0.05, 0.1) is 5.02 Å². The summed E-state index contributed by atoms with van der Waals surface area (Å²) in [6.45, 7) is 0. The number of carboxylic acid groups (broad SMARTS) is 1. The molecule has 0 saturated heterocycles. The number of carboxylic acids is 1. The Kier molecular flexibility index (Phi) is 4.11. The number of halogens is 2. The number of nitrogens with zero attached hydrogens (tertiary/aromatic N) is 1. The Morgan fingerprint density at radius 1 is 1.22 bits per heavy atom. The molecule has 6 heteroatoms. The molecular formula is C12H7Cl2NO2S. The molecule has 1 aromatic carbocycles. The van der Waals surface area contributed by atoms with Gasteiger partial charge in [-0.1, -0.05) is 41.0 Å². The third kappa shape index (κ3) is 3.16. The van der Waals surface area contributed by atoms with Gasteiger partial charge in [0, 0.05) is 9.92 Å². The highest BCUT2D eigenvalue weighted by Crippen LogP contribution is 2.29. The fraction of sp³-hybridized carbons (Fsp3) is 0. The predicted octanol–water partition coefficient (Wildman–Crippen LogP) is 4.24. The minimum Gasteiger partial charge on any atom is -0.476 e. The van der Waals surface area contributed by atoms with Crippen LogP contribution in [0.4, 0.5) is 0 Å². The Labute approximate surface area is 118 Å². The zero-order valence-electron chi connectivity index (χ0n) is 8.93. The molecule has 0 aliphatic rings. The lowest BCUT2D eigenvalue weighted by Crippen LogP contribution is -2.01. The van der Waals surface area contributed by atoms with Crippen molar-refractivity contribution < 1.29 is 9.90 Å². The summed E-state index contributed by atoms with van der Waals surface area (Å²) in [5, 5.41) is 10.2. The number of aromatic nitrogens is 1. The van der Waals surface area contributed by atoms with Crippen molar-refractivity contribution in [3.8, 4) is 0 Å². The number of hydrogen-bond acceptors (Lipinski definition) is 3. The van der Waals surface area contributed by atoms with Gasteiger partial charge in [0.1, 0.15) is 5.03 Å². The van der Waals surface area contributed by atoms with E-state index >= 15 is 0 Å². The standard InChI is InChI=1S/C12H7Cl2NO2S/c13-7-2-1-3-8(6-7)18-10-5-4-9(14)11(15-10)12(16)17/h1-6H,(H,16,17). The molecule has 0 fully saturated rings. The van der Waals surface area contributed by atoms with E-state index in [2.05, 4.69) is 4.98 Å². The van der Waals surface area contributed by atoms with Crippen molar-refractivity contribution in [2.75, 3.05) is 0 Å². The Hall–Kier alpha value is -1.23. The molecule has 92 valence electrons. The van der Waals surface area contributed by atoms with Crippen LogP contribution in [0, 0.1) is 0 Å². The van der Waals surface area contributed by atoms with Crippen LogP contribution >= 0.6 is 35.0 Å². The van der Waals surface area contributed by atoms with Crippen molar-refractivity contribution in [2.45, 2.75) is 9.92 Å². The molecule has 0 bridgehead atoms. The van der Waals surface area contributed by atoms with Crippen LogP contribution in [0.15, 0.2) is 46.3 Å². The zero-order chi connectivity index (χ0) is 13.1. The lowest BCUT2D eigenvalue weighted by molar-refractivity contribution is 0.0690. The Bertz CT molecular complexity index is 604. The quantitative estimate of drug-likeness (QED) is 0.921. The van der Waals surface area contributed by atoms with Crippen LogP contribution in [-0.4, -0.2) is 16.1 Å². The lowest BCUT2D eigenvalue weighted by atomic mass is 10.3. The summed E-state index contributed by atoms with van der Waals surface area (Å²) >= 11 is 12.9. The predicted molar refractivity (Wildman–Crippen MR) is 71.8 cm³/mol. The van der Waals surface area contributed by atoms with Crippen molar-refractivity contribution in [1.29, 1.82) is 0 Å². The van der Waals surface area contributed by atoms with E-state index in [4.69, 9.17) is 28.3 Å². The van der Waals surface area contributed by atoms with Crippen LogP contribution in [0.2, 0.25) is 10.0 Å². The second kappa shape index (κ2) is 5.61. The molecule has 3 nitrogen and oxygen atoms in total. The molecule has 0 amide bonds. The van der Waals surface area contributed by atoms with Gasteiger partial charge in [-0.05, 0) is 30.3 Å². The highest BCUT2D eigenvalue weighted by molar-refractivity contribution is 7.99. The van der Waals surface area contributed by atoms with Crippen LogP contribution in [0.1, 0.15) is 10.5 Å². The van der Waals surface area contributed by atoms with Gasteiger partial charge in [-0.25, -0.2) is 9.78 Å². The molecular weight excluding hydrogens is 293 g/mol. The maximum Gasteiger partial charge on any atom is 0.356 e. The van der Waals surface area contributed by atoms with E-state index in [1.54, 1.807) is 18.2 Å². The van der Waals surface area contributed by atoms with Crippen LogP contribution < -0.4 is 0 Å². The van der Waals surface area contributed by atoms with Crippen molar-refractivity contribution in [3.63, 3.8) is 0 Å². The van der Waals surface area contributed by atoms with E-state index in [0.29, 0.717) is 10.0 Å². The first-order valence-electron chi connectivity index (χ1n) is 4.89. The van der Waals surface area contributed by atoms with E-state index in [0.717, 1.165) is 4.90 Å². The van der Waals surface area contributed by atoms with Gasteiger partial charge in [-0.2, -0.15) is 0 Å². The van der Waals surface area contributed by atoms with Crippen LogP contribution in [0.5, 0.6) is 0 Å². The molecule has 2 rings (SSSR count). The van der Waals surface area contributed by atoms with E-state index in [-0.39, 0.29) is 10.7 Å². The first-order valence-corrected chi connectivity index (χ1v) is 6.47. The van der Waals surface area contributed by atoms with Gasteiger partial charge in [0.25, 0.3) is 0 Å². The van der Waals surface area contributed by atoms with Gasteiger partial charge in [-0.3, -0.25) is 0 Å². The second-order valence-electron chi connectivity index (χ2n) is 3.34. The van der Waals surface area contributed by atoms with Crippen molar-refractivity contribution >= 4 is 40.9 Å². The molecule has 0 aliphatic heterocycles. The van der Waals surface area contributed by atoms with E-state index < -0.39 is 5.97 Å². The number of hydrogen-bond donors (Lipinski definition) is 1. The number of benzene rings is 1. The van der Waals surface area contributed by atoms with Crippen LogP contribution in [-0.2, 0) is 0 Å². The van der Waals surface area contributed by atoms with Crippen molar-refractivity contribution in [3.05, 3.63) is 52.1 Å². The Balaban J connectivity index is 2.30. The lowest BCUT2D eigenvalue weighted by Gasteiger charge is -2.03. The van der Waals surface area contributed by atoms with Crippen LogP contribution in [0.3, 0.4) is 0 Å². The first-order chi connectivity index (χ1) is 8.56. The molecule has 2 aromatic rings. The van der Waals surface area contributed by atoms with E-state index in [9.17, 15) is 4.79 Å². The molecule has 0 unspecified atom stereocenters. The smallest absolute Gasteiger partial charge is 0.356 e. The van der Waals surface area contributed by atoms with Gasteiger partial charge < -0.3 is 5.11 Å². The normalized spacial score (nSPS) is 10.3. The minimum atomic E-state index is -1.14. The molecule has 0 saturated carbocycles. The maximum atomic E-state index is 10.9. The average molecular weight is 300 g/mol. The number of rotatable bonds is 3. The average Bonchev–Trinajstić information content (AvgIpc) is 2.31. The maximum absolute atomic E-state index is 10.9. The largest absolute Gasteiger partial charge is 0.476 e. The summed E-state index contributed by atoms with van der Waals surface area (Å²) in [6, 6.07) is 10.4. The topological polar surface area (TPSA) is 50.2 Å². The van der Waals surface area contributed by atoms with Gasteiger partial charge in [-0.15, -0.1) is 0 Å². The summed E-state index contributed by atoms with van der Waals surface area (Å²) in [4.78, 5) is 15.8. The molecule has 1 heterocycles. The summed E-state index contributed by atoms with van der Waals surface area (Å²) < 4.78 is 0. The molecule has 18 heavy (non-hydrogen) atoms. The highest BCUT2D eigenvalue weighted by Gasteiger charge is 2.12. The minimum absolute atomic E-state index is 0.123. The monoisotopic (exact) mass is 299 g/mol. The molecule has 0 atom stereocenters. The van der Waals surface area contributed by atoms with Gasteiger partial charge >= 0.3 is 5.97 Å². The summed E-state index contributed by atoms with van der Waals surface area (Å²) in [5.41, 5.74) is -0.149. The molecule has 0 aliphatic carbocycles. The zero-order valence-corrected chi connectivity index (χ0v) is 11.3. The molecule has 0 radical (unpaired) electrons. The first kappa shape index (κ1) is 13.2. The summed E-state index contributed by atoms with van der Waals surface area (Å²) in [5.74, 6) is -1.14. The number of aromatic carboxylic acids is 1. The second-order valence-corrected chi connectivity index (χ2v) is 5.28. The molecule has 1 N–H and O–H groups in total. The SMILES string of the molecule is O=C(O)c1nc(Sc2cccc(Cl)c2)ccc1Cl. The number of pyridine rings is 1. The van der Waals surface area contributed by atoms with Crippen LogP contribution in [0.25, 0.3) is 0 Å². The third-order valence-electron chi connectivity index (χ3n) is 2.04. The number of carbonyl (C=O) groups is 1. The Morgan fingerprint density at radius 2 is 2.00 bits per heavy atom. The van der Waals surface area contributed by atoms with E-state index in [1.165, 1.54) is 17.8 Å². The van der Waals surface area contributed by atoms with Crippen molar-refractivity contribution in [2.24, 2.45) is 0 Å². The Morgan fingerprint density at radius 3 is 2.67 bits per heavy atom. The molecule has 1 aromatic heterocycles. The third-order valence-corrected chi connectivity index (χ3v) is 3.51. The summed E-state index contributed by atoms with van der Waals surface area (Å²) in [7, 11) is 0. The van der Waals surface area contributed by atoms with Gasteiger partial charge in [0.2, 0.25) is 0 Å². The fourth-order valence-electron chi connectivity index (χ4n) is 1.28. The summed E-state index contributed by atoms with van der Waals surface area (Å²) in [6.07, 6.45) is 0. The van der Waals surface area contributed by atoms with E-state index in [1.807, 2.05) is 12.1 Å². The van der Waals surface area contributed by atoms with Gasteiger partial charge in [0.15, 0.2) is 5.69 Å². The highest BCUT2D eigenvalue weighted by atomic mass is 35.5. The molecule has 0 spiro atoms. The van der Waals surface area contributed by atoms with Crippen molar-refractivity contribution in [1.82, 2.24) is 4.98 Å².